The zero-order valence-electron chi connectivity index (χ0n) is 20.6. The van der Waals surface area contributed by atoms with Crippen LogP contribution in [0.2, 0.25) is 0 Å². The molecular formula is C29H29N3O3S. The Bertz CT molecular complexity index is 1280. The maximum absolute atomic E-state index is 13.1. The van der Waals surface area contributed by atoms with Crippen molar-refractivity contribution >= 4 is 40.2 Å². The summed E-state index contributed by atoms with van der Waals surface area (Å²) in [7, 11) is 0. The van der Waals surface area contributed by atoms with Crippen LogP contribution >= 0.6 is 11.8 Å². The van der Waals surface area contributed by atoms with Crippen LogP contribution in [0.15, 0.2) is 89.4 Å². The molecule has 1 aliphatic heterocycles. The number of anilines is 1. The van der Waals surface area contributed by atoms with E-state index >= 15 is 0 Å². The number of aliphatic imine (C=N–C) groups is 1. The lowest BCUT2D eigenvalue weighted by atomic mass is 9.94. The standard InChI is InChI=1S/C29H29N3O3S/c1-4-35-28(34)24-26(21-14-7-5-8-15-21)31-29(32-27(24)22-16-9-6-10-17-22)36-18-23(33)30-25-19(2)12-11-13-20(25)3/h5-17,26H,4,18H2,1-3H3,(H,30,33)(H,31,32)/t26-/m1/s1. The summed E-state index contributed by atoms with van der Waals surface area (Å²) >= 11 is 1.30. The van der Waals surface area contributed by atoms with Crippen molar-refractivity contribution in [3.05, 3.63) is 107 Å². The highest BCUT2D eigenvalue weighted by Crippen LogP contribution is 2.36. The van der Waals surface area contributed by atoms with E-state index in [4.69, 9.17) is 9.73 Å². The summed E-state index contributed by atoms with van der Waals surface area (Å²) in [6.07, 6.45) is 0. The van der Waals surface area contributed by atoms with Crippen LogP contribution in [-0.4, -0.2) is 29.4 Å². The van der Waals surface area contributed by atoms with Crippen LogP contribution in [0.5, 0.6) is 0 Å². The minimum Gasteiger partial charge on any atom is -0.463 e. The molecule has 1 amide bonds. The lowest BCUT2D eigenvalue weighted by molar-refractivity contribution is -0.138. The fourth-order valence-corrected chi connectivity index (χ4v) is 4.75. The second-order valence-electron chi connectivity index (χ2n) is 8.35. The Morgan fingerprint density at radius 1 is 0.944 bits per heavy atom. The number of carbonyl (C=O) groups is 2. The van der Waals surface area contributed by atoms with E-state index in [1.54, 1.807) is 6.92 Å². The SMILES string of the molecule is CCOC(=O)C1=C(c2ccccc2)NC(SCC(=O)Nc2c(C)cccc2C)=N[C@@H]1c1ccccc1. The minimum absolute atomic E-state index is 0.125. The lowest BCUT2D eigenvalue weighted by Crippen LogP contribution is -2.32. The maximum Gasteiger partial charge on any atom is 0.338 e. The van der Waals surface area contributed by atoms with Gasteiger partial charge in [0.05, 0.1) is 23.6 Å². The summed E-state index contributed by atoms with van der Waals surface area (Å²) < 4.78 is 5.43. The third-order valence-electron chi connectivity index (χ3n) is 5.78. The first kappa shape index (κ1) is 25.3. The largest absolute Gasteiger partial charge is 0.463 e. The third kappa shape index (κ3) is 5.86. The monoisotopic (exact) mass is 499 g/mol. The van der Waals surface area contributed by atoms with Gasteiger partial charge in [0.1, 0.15) is 6.04 Å². The van der Waals surface area contributed by atoms with Crippen molar-refractivity contribution in [1.82, 2.24) is 5.32 Å². The summed E-state index contributed by atoms with van der Waals surface area (Å²) in [6.45, 7) is 5.99. The molecule has 3 aromatic carbocycles. The van der Waals surface area contributed by atoms with Gasteiger partial charge in [-0.05, 0) is 43.0 Å². The third-order valence-corrected chi connectivity index (χ3v) is 6.67. The molecule has 0 saturated heterocycles. The van der Waals surface area contributed by atoms with E-state index in [9.17, 15) is 9.59 Å². The molecule has 0 bridgehead atoms. The normalized spacial score (nSPS) is 15.1. The van der Waals surface area contributed by atoms with Gasteiger partial charge in [-0.3, -0.25) is 4.79 Å². The van der Waals surface area contributed by atoms with E-state index in [0.717, 1.165) is 27.9 Å². The molecule has 1 atom stereocenters. The first-order valence-electron chi connectivity index (χ1n) is 11.8. The summed E-state index contributed by atoms with van der Waals surface area (Å²) in [5.41, 5.74) is 5.65. The first-order valence-corrected chi connectivity index (χ1v) is 12.8. The van der Waals surface area contributed by atoms with E-state index < -0.39 is 12.0 Å². The predicted octanol–water partition coefficient (Wildman–Crippen LogP) is 5.65. The average molecular weight is 500 g/mol. The molecule has 0 radical (unpaired) electrons. The van der Waals surface area contributed by atoms with Gasteiger partial charge in [-0.15, -0.1) is 0 Å². The molecule has 6 nitrogen and oxygen atoms in total. The molecule has 184 valence electrons. The Morgan fingerprint density at radius 3 is 2.22 bits per heavy atom. The predicted molar refractivity (Wildman–Crippen MR) is 147 cm³/mol. The van der Waals surface area contributed by atoms with Crippen molar-refractivity contribution in [2.45, 2.75) is 26.8 Å². The van der Waals surface area contributed by atoms with Gasteiger partial charge in [-0.2, -0.15) is 0 Å². The summed E-state index contributed by atoms with van der Waals surface area (Å²) in [5, 5.41) is 6.89. The maximum atomic E-state index is 13.1. The number of ether oxygens (including phenoxy) is 1. The Morgan fingerprint density at radius 2 is 1.58 bits per heavy atom. The molecule has 4 rings (SSSR count). The average Bonchev–Trinajstić information content (AvgIpc) is 2.90. The molecule has 7 heteroatoms. The van der Waals surface area contributed by atoms with Gasteiger partial charge in [0.2, 0.25) is 5.91 Å². The molecule has 0 aliphatic carbocycles. The number of hydrogen-bond acceptors (Lipinski definition) is 6. The van der Waals surface area contributed by atoms with Crippen LogP contribution in [0.3, 0.4) is 0 Å². The Labute approximate surface area is 215 Å². The van der Waals surface area contributed by atoms with Crippen molar-refractivity contribution in [2.75, 3.05) is 17.7 Å². The number of thioether (sulfide) groups is 1. The van der Waals surface area contributed by atoms with Gasteiger partial charge < -0.3 is 15.4 Å². The molecule has 36 heavy (non-hydrogen) atoms. The lowest BCUT2D eigenvalue weighted by Gasteiger charge is -2.27. The minimum atomic E-state index is -0.564. The van der Waals surface area contributed by atoms with Crippen LogP contribution in [0.25, 0.3) is 5.70 Å². The zero-order valence-corrected chi connectivity index (χ0v) is 21.4. The molecule has 3 aromatic rings. The Balaban J connectivity index is 1.64. The van der Waals surface area contributed by atoms with Gasteiger partial charge in [0.25, 0.3) is 0 Å². The number of amides is 1. The molecular weight excluding hydrogens is 470 g/mol. The second-order valence-corrected chi connectivity index (χ2v) is 9.32. The number of carbonyl (C=O) groups excluding carboxylic acids is 2. The van der Waals surface area contributed by atoms with Crippen molar-refractivity contribution in [1.29, 1.82) is 0 Å². The Kier molecular flexibility index (Phi) is 8.23. The number of nitrogens with zero attached hydrogens (tertiary/aromatic N) is 1. The number of amidine groups is 1. The van der Waals surface area contributed by atoms with Crippen molar-refractivity contribution in [3.63, 3.8) is 0 Å². The number of para-hydroxylation sites is 1. The number of esters is 1. The van der Waals surface area contributed by atoms with E-state index in [1.807, 2.05) is 92.7 Å². The van der Waals surface area contributed by atoms with Crippen LogP contribution in [0.1, 0.15) is 35.2 Å². The molecule has 0 spiro atoms. The van der Waals surface area contributed by atoms with E-state index in [0.29, 0.717) is 16.4 Å². The van der Waals surface area contributed by atoms with E-state index in [1.165, 1.54) is 11.8 Å². The highest BCUT2D eigenvalue weighted by Gasteiger charge is 2.32. The van der Waals surface area contributed by atoms with E-state index in [2.05, 4.69) is 10.6 Å². The second kappa shape index (κ2) is 11.7. The van der Waals surface area contributed by atoms with Crippen LogP contribution in [-0.2, 0) is 14.3 Å². The van der Waals surface area contributed by atoms with Gasteiger partial charge in [-0.25, -0.2) is 9.79 Å². The molecule has 1 aliphatic rings. The van der Waals surface area contributed by atoms with Crippen LogP contribution in [0.4, 0.5) is 5.69 Å². The smallest absolute Gasteiger partial charge is 0.338 e. The number of rotatable bonds is 7. The number of nitrogens with one attached hydrogen (secondary N) is 2. The highest BCUT2D eigenvalue weighted by molar-refractivity contribution is 8.14. The fraction of sp³-hybridized carbons (Fsp3) is 0.207. The van der Waals surface area contributed by atoms with Crippen molar-refractivity contribution < 1.29 is 14.3 Å². The molecule has 0 saturated carbocycles. The molecule has 1 heterocycles. The quantitative estimate of drug-likeness (QED) is 0.411. The first-order chi connectivity index (χ1) is 17.5. The molecule has 0 fully saturated rings. The van der Waals surface area contributed by atoms with Crippen molar-refractivity contribution in [2.24, 2.45) is 4.99 Å². The zero-order chi connectivity index (χ0) is 25.5. The Hall–Kier alpha value is -3.84. The summed E-state index contributed by atoms with van der Waals surface area (Å²) in [6, 6.07) is 24.6. The number of aryl methyl sites for hydroxylation is 2. The van der Waals surface area contributed by atoms with Gasteiger partial charge in [-0.1, -0.05) is 90.6 Å². The van der Waals surface area contributed by atoms with Crippen LogP contribution in [0, 0.1) is 13.8 Å². The van der Waals surface area contributed by atoms with Crippen LogP contribution < -0.4 is 10.6 Å². The summed E-state index contributed by atoms with van der Waals surface area (Å²) in [5.74, 6) is -0.379. The number of benzene rings is 3. The van der Waals surface area contributed by atoms with Gasteiger partial charge in [0, 0.05) is 5.69 Å². The van der Waals surface area contributed by atoms with E-state index in [-0.39, 0.29) is 18.3 Å². The highest BCUT2D eigenvalue weighted by atomic mass is 32.2. The number of hydrogen-bond donors (Lipinski definition) is 2. The summed E-state index contributed by atoms with van der Waals surface area (Å²) in [4.78, 5) is 30.8. The molecule has 0 aromatic heterocycles. The molecule has 2 N–H and O–H groups in total. The fourth-order valence-electron chi connectivity index (χ4n) is 4.05. The van der Waals surface area contributed by atoms with Crippen molar-refractivity contribution in [3.8, 4) is 0 Å². The van der Waals surface area contributed by atoms with Gasteiger partial charge >= 0.3 is 5.97 Å². The topological polar surface area (TPSA) is 79.8 Å². The van der Waals surface area contributed by atoms with Gasteiger partial charge in [0.15, 0.2) is 5.17 Å². The molecule has 0 unspecified atom stereocenters.